The summed E-state index contributed by atoms with van der Waals surface area (Å²) in [6.45, 7) is 4.25. The van der Waals surface area contributed by atoms with Crippen LogP contribution in [-0.4, -0.2) is 17.8 Å². The number of carbonyl (C=O) groups excluding carboxylic acids is 2. The van der Waals surface area contributed by atoms with E-state index in [0.29, 0.717) is 12.8 Å². The van der Waals surface area contributed by atoms with Crippen molar-refractivity contribution in [2.24, 2.45) is 9.98 Å². The van der Waals surface area contributed by atoms with E-state index in [1.807, 2.05) is 0 Å². The molecule has 108 valence electrons. The molecular formula is C15H26N2O2. The second-order valence-corrected chi connectivity index (χ2v) is 5.01. The third kappa shape index (κ3) is 8.47. The molecule has 0 amide bonds. The van der Waals surface area contributed by atoms with Crippen LogP contribution in [0.15, 0.2) is 9.98 Å². The van der Waals surface area contributed by atoms with Crippen LogP contribution in [0.3, 0.4) is 0 Å². The fourth-order valence-corrected chi connectivity index (χ4v) is 2.19. The molecule has 0 aliphatic carbocycles. The first-order valence-electron chi connectivity index (χ1n) is 7.42. The van der Waals surface area contributed by atoms with Gasteiger partial charge in [-0.05, 0) is 25.7 Å². The van der Waals surface area contributed by atoms with E-state index in [9.17, 15) is 9.59 Å². The molecule has 0 aliphatic heterocycles. The van der Waals surface area contributed by atoms with E-state index in [1.165, 1.54) is 25.7 Å². The Balaban J connectivity index is 4.31. The summed E-state index contributed by atoms with van der Waals surface area (Å²) >= 11 is 0. The molecule has 0 saturated carbocycles. The second kappa shape index (κ2) is 11.8. The lowest BCUT2D eigenvalue weighted by Gasteiger charge is -2.21. The molecule has 0 fully saturated rings. The van der Waals surface area contributed by atoms with Gasteiger partial charge in [0.1, 0.15) is 0 Å². The molecule has 0 radical (unpaired) electrons. The molecule has 0 spiro atoms. The van der Waals surface area contributed by atoms with Crippen LogP contribution < -0.4 is 0 Å². The van der Waals surface area contributed by atoms with Crippen LogP contribution in [0.5, 0.6) is 0 Å². The van der Waals surface area contributed by atoms with E-state index in [2.05, 4.69) is 23.8 Å². The van der Waals surface area contributed by atoms with Gasteiger partial charge in [-0.15, -0.1) is 0 Å². The number of aliphatic imine (C=N–C) groups is 2. The lowest BCUT2D eigenvalue weighted by Crippen LogP contribution is -2.23. The maximum atomic E-state index is 10.6. The van der Waals surface area contributed by atoms with Gasteiger partial charge in [0.25, 0.3) is 0 Å². The van der Waals surface area contributed by atoms with Gasteiger partial charge in [-0.25, -0.2) is 9.59 Å². The van der Waals surface area contributed by atoms with Crippen molar-refractivity contribution in [3.63, 3.8) is 0 Å². The molecule has 0 atom stereocenters. The SMILES string of the molecule is CCCCCCCCC(CCCC)(N=C=O)N=C=O. The van der Waals surface area contributed by atoms with Crippen molar-refractivity contribution >= 4 is 12.2 Å². The Morgan fingerprint density at radius 2 is 1.21 bits per heavy atom. The fourth-order valence-electron chi connectivity index (χ4n) is 2.19. The minimum Gasteiger partial charge on any atom is -0.211 e. The maximum absolute atomic E-state index is 10.6. The van der Waals surface area contributed by atoms with Crippen molar-refractivity contribution in [1.29, 1.82) is 0 Å². The van der Waals surface area contributed by atoms with Crippen LogP contribution in [0.4, 0.5) is 0 Å². The van der Waals surface area contributed by atoms with Gasteiger partial charge in [0.05, 0.1) is 0 Å². The molecule has 0 aromatic heterocycles. The summed E-state index contributed by atoms with van der Waals surface area (Å²) in [7, 11) is 0. The Kier molecular flexibility index (Phi) is 11.1. The van der Waals surface area contributed by atoms with E-state index >= 15 is 0 Å². The number of hydrogen-bond acceptors (Lipinski definition) is 4. The van der Waals surface area contributed by atoms with E-state index in [-0.39, 0.29) is 0 Å². The molecule has 19 heavy (non-hydrogen) atoms. The van der Waals surface area contributed by atoms with Crippen molar-refractivity contribution in [1.82, 2.24) is 0 Å². The molecule has 0 aromatic carbocycles. The van der Waals surface area contributed by atoms with Crippen LogP contribution in [0.25, 0.3) is 0 Å². The van der Waals surface area contributed by atoms with Gasteiger partial charge in [0, 0.05) is 0 Å². The number of nitrogens with zero attached hydrogens (tertiary/aromatic N) is 2. The zero-order valence-corrected chi connectivity index (χ0v) is 12.3. The number of rotatable bonds is 12. The van der Waals surface area contributed by atoms with E-state index < -0.39 is 5.66 Å². The van der Waals surface area contributed by atoms with Gasteiger partial charge in [0.2, 0.25) is 12.2 Å². The third-order valence-electron chi connectivity index (χ3n) is 3.37. The molecule has 0 rings (SSSR count). The second-order valence-electron chi connectivity index (χ2n) is 5.01. The van der Waals surface area contributed by atoms with Crippen molar-refractivity contribution in [3.05, 3.63) is 0 Å². The van der Waals surface area contributed by atoms with Gasteiger partial charge in [-0.3, -0.25) is 0 Å². The van der Waals surface area contributed by atoms with E-state index in [0.717, 1.165) is 25.7 Å². The molecule has 0 unspecified atom stereocenters. The summed E-state index contributed by atoms with van der Waals surface area (Å²) in [5.74, 6) is 0. The number of unbranched alkanes of at least 4 members (excludes halogenated alkanes) is 6. The van der Waals surface area contributed by atoms with Gasteiger partial charge < -0.3 is 0 Å². The molecule has 0 aliphatic rings. The zero-order valence-electron chi connectivity index (χ0n) is 12.3. The standard InChI is InChI=1S/C15H26N2O2/c1-3-5-7-8-9-10-12-15(16-13-18,17-14-19)11-6-4-2/h3-12H2,1-2H3. The lowest BCUT2D eigenvalue weighted by molar-refractivity contribution is 0.352. The zero-order chi connectivity index (χ0) is 14.4. The van der Waals surface area contributed by atoms with E-state index in [4.69, 9.17) is 0 Å². The smallest absolute Gasteiger partial charge is 0.211 e. The highest BCUT2D eigenvalue weighted by atomic mass is 16.1. The predicted octanol–water partition coefficient (Wildman–Crippen LogP) is 4.30. The summed E-state index contributed by atoms with van der Waals surface area (Å²) in [6, 6.07) is 0. The summed E-state index contributed by atoms with van der Waals surface area (Å²) in [6.07, 6.45) is 13.2. The minimum absolute atomic E-state index is 0.628. The summed E-state index contributed by atoms with van der Waals surface area (Å²) in [5.41, 5.74) is -0.899. The molecule has 0 N–H and O–H groups in total. The van der Waals surface area contributed by atoms with Crippen molar-refractivity contribution in [2.45, 2.75) is 83.7 Å². The van der Waals surface area contributed by atoms with Gasteiger partial charge in [-0.1, -0.05) is 52.4 Å². The summed E-state index contributed by atoms with van der Waals surface area (Å²) < 4.78 is 0. The Bertz CT molecular complexity index is 298. The first-order valence-corrected chi connectivity index (χ1v) is 7.42. The fraction of sp³-hybridized carbons (Fsp3) is 0.867. The van der Waals surface area contributed by atoms with E-state index in [1.54, 1.807) is 12.2 Å². The minimum atomic E-state index is -0.899. The summed E-state index contributed by atoms with van der Waals surface area (Å²) in [5, 5.41) is 0. The molecule has 0 aromatic rings. The topological polar surface area (TPSA) is 58.9 Å². The average molecular weight is 266 g/mol. The van der Waals surface area contributed by atoms with Crippen LogP contribution in [0.1, 0.15) is 78.1 Å². The monoisotopic (exact) mass is 266 g/mol. The molecule has 4 nitrogen and oxygen atoms in total. The highest BCUT2D eigenvalue weighted by molar-refractivity contribution is 5.39. The number of hydrogen-bond donors (Lipinski definition) is 0. The number of isocyanates is 2. The van der Waals surface area contributed by atoms with Crippen LogP contribution in [0, 0.1) is 0 Å². The average Bonchev–Trinajstić information content (AvgIpc) is 2.41. The van der Waals surface area contributed by atoms with Crippen LogP contribution >= 0.6 is 0 Å². The molecule has 0 heterocycles. The predicted molar refractivity (Wildman–Crippen MR) is 76.5 cm³/mol. The Labute approximate surface area is 116 Å². The molecule has 0 saturated heterocycles. The van der Waals surface area contributed by atoms with Gasteiger partial charge in [0.15, 0.2) is 5.66 Å². The Morgan fingerprint density at radius 3 is 1.74 bits per heavy atom. The first-order chi connectivity index (χ1) is 9.24. The summed E-state index contributed by atoms with van der Waals surface area (Å²) in [4.78, 5) is 28.7. The lowest BCUT2D eigenvalue weighted by atomic mass is 9.96. The van der Waals surface area contributed by atoms with Crippen LogP contribution in [0.2, 0.25) is 0 Å². The van der Waals surface area contributed by atoms with Gasteiger partial charge >= 0.3 is 0 Å². The molecular weight excluding hydrogens is 240 g/mol. The highest BCUT2D eigenvalue weighted by Gasteiger charge is 2.27. The van der Waals surface area contributed by atoms with Crippen molar-refractivity contribution in [3.8, 4) is 0 Å². The molecule has 4 heteroatoms. The van der Waals surface area contributed by atoms with Gasteiger partial charge in [-0.2, -0.15) is 9.98 Å². The van der Waals surface area contributed by atoms with Crippen molar-refractivity contribution in [2.75, 3.05) is 0 Å². The van der Waals surface area contributed by atoms with Crippen LogP contribution in [-0.2, 0) is 9.59 Å². The first kappa shape index (κ1) is 17.8. The Hall–Kier alpha value is -1.24. The third-order valence-corrected chi connectivity index (χ3v) is 3.37. The highest BCUT2D eigenvalue weighted by Crippen LogP contribution is 2.27. The normalized spacial score (nSPS) is 13.2. The Morgan fingerprint density at radius 1 is 0.737 bits per heavy atom. The molecule has 0 bridgehead atoms. The quantitative estimate of drug-likeness (QED) is 0.300. The van der Waals surface area contributed by atoms with Crippen molar-refractivity contribution < 1.29 is 9.59 Å². The maximum Gasteiger partial charge on any atom is 0.237 e. The largest absolute Gasteiger partial charge is 0.237 e.